The predicted octanol–water partition coefficient (Wildman–Crippen LogP) is 4.12. The first-order valence-corrected chi connectivity index (χ1v) is 9.06. The zero-order valence-corrected chi connectivity index (χ0v) is 14.8. The molecule has 4 nitrogen and oxygen atoms in total. The van der Waals surface area contributed by atoms with Crippen LogP contribution in [0.5, 0.6) is 0 Å². The van der Waals surface area contributed by atoms with Crippen molar-refractivity contribution in [3.8, 4) is 0 Å². The van der Waals surface area contributed by atoms with E-state index in [1.54, 1.807) is 0 Å². The second-order valence-electron chi connectivity index (χ2n) is 7.26. The number of carboxylic acid groups (broad SMARTS) is 1. The van der Waals surface area contributed by atoms with Crippen LogP contribution in [0.4, 0.5) is 8.78 Å². The first-order chi connectivity index (χ1) is 13.4. The zero-order valence-electron chi connectivity index (χ0n) is 14.8. The molecule has 0 saturated heterocycles. The molecule has 1 saturated carbocycles. The molecule has 4 rings (SSSR count). The number of carbonyl (C=O) groups is 2. The van der Waals surface area contributed by atoms with Crippen LogP contribution in [0.15, 0.2) is 60.7 Å². The monoisotopic (exact) mass is 384 g/mol. The minimum Gasteiger partial charge on any atom is -0.481 e. The fraction of sp³-hybridized carbons (Fsp3) is 0.273. The molecule has 4 atom stereocenters. The number of esters is 1. The molecular formula is C22H18F2O4. The standard InChI is InChI=1S/C22H18F2O4/c23-16-7-3-12(4-8-16)20(13-5-9-17(24)10-6-13)28-22(27)19-15-2-1-14(11-15)18(19)21(25)26/h1-10,14-15,18-20H,11H2,(H,25,26)/t14-,15-,18+,19-/m0/s1. The van der Waals surface area contributed by atoms with Crippen LogP contribution in [0.1, 0.15) is 23.7 Å². The fourth-order valence-corrected chi connectivity index (χ4v) is 4.28. The summed E-state index contributed by atoms with van der Waals surface area (Å²) in [4.78, 5) is 24.7. The van der Waals surface area contributed by atoms with Gasteiger partial charge in [0.2, 0.25) is 0 Å². The molecule has 0 aliphatic heterocycles. The molecule has 2 bridgehead atoms. The Kier molecular flexibility index (Phi) is 4.71. The van der Waals surface area contributed by atoms with Crippen LogP contribution >= 0.6 is 0 Å². The molecule has 0 aromatic heterocycles. The summed E-state index contributed by atoms with van der Waals surface area (Å²) in [7, 11) is 0. The third-order valence-electron chi connectivity index (χ3n) is 5.60. The van der Waals surface area contributed by atoms with Gasteiger partial charge in [0.1, 0.15) is 11.6 Å². The van der Waals surface area contributed by atoms with E-state index in [1.165, 1.54) is 48.5 Å². The third kappa shape index (κ3) is 3.30. The molecule has 1 fully saturated rings. The maximum Gasteiger partial charge on any atom is 0.311 e. The number of benzene rings is 2. The lowest BCUT2D eigenvalue weighted by atomic mass is 9.83. The van der Waals surface area contributed by atoms with Gasteiger partial charge in [-0.25, -0.2) is 8.78 Å². The van der Waals surface area contributed by atoms with Gasteiger partial charge in [-0.15, -0.1) is 0 Å². The highest BCUT2D eigenvalue weighted by Crippen LogP contribution is 2.49. The molecule has 2 aromatic carbocycles. The van der Waals surface area contributed by atoms with Gasteiger partial charge in [0.05, 0.1) is 11.8 Å². The summed E-state index contributed by atoms with van der Waals surface area (Å²) in [5.41, 5.74) is 1.04. The Balaban J connectivity index is 1.64. The number of hydrogen-bond acceptors (Lipinski definition) is 3. The summed E-state index contributed by atoms with van der Waals surface area (Å²) in [6.45, 7) is 0. The topological polar surface area (TPSA) is 63.6 Å². The predicted molar refractivity (Wildman–Crippen MR) is 96.1 cm³/mol. The van der Waals surface area contributed by atoms with Gasteiger partial charge in [-0.1, -0.05) is 36.4 Å². The largest absolute Gasteiger partial charge is 0.481 e. The summed E-state index contributed by atoms with van der Waals surface area (Å²) >= 11 is 0. The van der Waals surface area contributed by atoms with Crippen LogP contribution in [-0.2, 0) is 14.3 Å². The SMILES string of the molecule is O=C(OC(c1ccc(F)cc1)c1ccc(F)cc1)[C@@H]1[C@H](C(=O)O)[C@H]2C=C[C@H]1C2. The van der Waals surface area contributed by atoms with Crippen LogP contribution in [0.25, 0.3) is 0 Å². The lowest BCUT2D eigenvalue weighted by molar-refractivity contribution is -0.161. The molecule has 28 heavy (non-hydrogen) atoms. The van der Waals surface area contributed by atoms with E-state index in [4.69, 9.17) is 4.74 Å². The van der Waals surface area contributed by atoms with E-state index in [0.29, 0.717) is 17.5 Å². The zero-order chi connectivity index (χ0) is 19.8. The summed E-state index contributed by atoms with van der Waals surface area (Å²) in [6, 6.07) is 11.0. The number of fused-ring (bicyclic) bond motifs is 2. The number of hydrogen-bond donors (Lipinski definition) is 1. The van der Waals surface area contributed by atoms with Crippen LogP contribution in [0.3, 0.4) is 0 Å². The molecule has 1 N–H and O–H groups in total. The molecular weight excluding hydrogens is 366 g/mol. The number of allylic oxidation sites excluding steroid dienone is 2. The first kappa shape index (κ1) is 18.3. The van der Waals surface area contributed by atoms with E-state index in [1.807, 2.05) is 12.2 Å². The molecule has 0 amide bonds. The summed E-state index contributed by atoms with van der Waals surface area (Å²) in [5.74, 6) is -4.41. The van der Waals surface area contributed by atoms with Gasteiger partial charge in [0, 0.05) is 0 Å². The van der Waals surface area contributed by atoms with Crippen molar-refractivity contribution in [2.24, 2.45) is 23.7 Å². The minimum absolute atomic E-state index is 0.166. The second-order valence-corrected chi connectivity index (χ2v) is 7.26. The molecule has 2 aliphatic carbocycles. The van der Waals surface area contributed by atoms with Crippen LogP contribution in [0.2, 0.25) is 0 Å². The van der Waals surface area contributed by atoms with Crippen LogP contribution in [0, 0.1) is 35.3 Å². The molecule has 0 radical (unpaired) electrons. The van der Waals surface area contributed by atoms with Crippen LogP contribution < -0.4 is 0 Å². The quantitative estimate of drug-likeness (QED) is 0.622. The van der Waals surface area contributed by atoms with Crippen molar-refractivity contribution in [2.45, 2.75) is 12.5 Å². The summed E-state index contributed by atoms with van der Waals surface area (Å²) < 4.78 is 32.4. The Morgan fingerprint density at radius 3 is 1.79 bits per heavy atom. The van der Waals surface area contributed by atoms with Crippen molar-refractivity contribution in [3.63, 3.8) is 0 Å². The average molecular weight is 384 g/mol. The van der Waals surface area contributed by atoms with E-state index in [2.05, 4.69) is 0 Å². The normalized spacial score (nSPS) is 25.2. The smallest absolute Gasteiger partial charge is 0.311 e. The highest BCUT2D eigenvalue weighted by molar-refractivity contribution is 5.83. The van der Waals surface area contributed by atoms with Gasteiger partial charge in [-0.05, 0) is 53.6 Å². The van der Waals surface area contributed by atoms with E-state index in [9.17, 15) is 23.5 Å². The molecule has 6 heteroatoms. The van der Waals surface area contributed by atoms with Gasteiger partial charge >= 0.3 is 11.9 Å². The molecule has 0 unspecified atom stereocenters. The van der Waals surface area contributed by atoms with Crippen molar-refractivity contribution in [2.75, 3.05) is 0 Å². The molecule has 0 spiro atoms. The number of carbonyl (C=O) groups excluding carboxylic acids is 1. The van der Waals surface area contributed by atoms with Crippen molar-refractivity contribution >= 4 is 11.9 Å². The Hall–Kier alpha value is -3.02. The molecule has 2 aliphatic rings. The number of carboxylic acids is 1. The summed E-state index contributed by atoms with van der Waals surface area (Å²) in [6.07, 6.45) is 3.46. The lowest BCUT2D eigenvalue weighted by Gasteiger charge is -2.26. The van der Waals surface area contributed by atoms with Crippen molar-refractivity contribution in [1.82, 2.24) is 0 Å². The Morgan fingerprint density at radius 2 is 1.32 bits per heavy atom. The first-order valence-electron chi connectivity index (χ1n) is 9.06. The van der Waals surface area contributed by atoms with E-state index in [0.717, 1.165) is 0 Å². The van der Waals surface area contributed by atoms with Gasteiger partial charge in [-0.2, -0.15) is 0 Å². The lowest BCUT2D eigenvalue weighted by Crippen LogP contribution is -2.35. The molecule has 0 heterocycles. The Morgan fingerprint density at radius 1 is 0.857 bits per heavy atom. The van der Waals surface area contributed by atoms with Crippen molar-refractivity contribution < 1.29 is 28.2 Å². The van der Waals surface area contributed by atoms with Crippen molar-refractivity contribution in [3.05, 3.63) is 83.4 Å². The van der Waals surface area contributed by atoms with Crippen molar-refractivity contribution in [1.29, 1.82) is 0 Å². The average Bonchev–Trinajstić information content (AvgIpc) is 3.29. The third-order valence-corrected chi connectivity index (χ3v) is 5.60. The number of aliphatic carboxylic acids is 1. The van der Waals surface area contributed by atoms with Crippen LogP contribution in [-0.4, -0.2) is 17.0 Å². The fourth-order valence-electron chi connectivity index (χ4n) is 4.28. The van der Waals surface area contributed by atoms with Gasteiger partial charge in [-0.3, -0.25) is 9.59 Å². The van der Waals surface area contributed by atoms with Gasteiger partial charge < -0.3 is 9.84 Å². The maximum absolute atomic E-state index is 13.3. The van der Waals surface area contributed by atoms with E-state index >= 15 is 0 Å². The van der Waals surface area contributed by atoms with E-state index in [-0.39, 0.29) is 11.8 Å². The van der Waals surface area contributed by atoms with Gasteiger partial charge in [0.25, 0.3) is 0 Å². The number of rotatable bonds is 5. The highest BCUT2D eigenvalue weighted by Gasteiger charge is 2.52. The summed E-state index contributed by atoms with van der Waals surface area (Å²) in [5, 5.41) is 9.56. The minimum atomic E-state index is -1.01. The highest BCUT2D eigenvalue weighted by atomic mass is 19.1. The van der Waals surface area contributed by atoms with Gasteiger partial charge in [0.15, 0.2) is 6.10 Å². The molecule has 2 aromatic rings. The molecule has 144 valence electrons. The maximum atomic E-state index is 13.3. The van der Waals surface area contributed by atoms with E-state index < -0.39 is 41.5 Å². The number of halogens is 2. The second kappa shape index (κ2) is 7.19. The Labute approximate surface area is 160 Å². The number of ether oxygens (including phenoxy) is 1. The Bertz CT molecular complexity index is 875.